The van der Waals surface area contributed by atoms with E-state index in [1.54, 1.807) is 13.0 Å². The largest absolute Gasteiger partial charge is 0.296 e. The predicted octanol–water partition coefficient (Wildman–Crippen LogP) is 2.95. The minimum Gasteiger partial charge on any atom is -0.296 e. The van der Waals surface area contributed by atoms with Gasteiger partial charge in [0.2, 0.25) is 0 Å². The molecular formula is C12H18FNO. The lowest BCUT2D eigenvalue weighted by atomic mass is 10.1. The molecule has 0 heterocycles. The van der Waals surface area contributed by atoms with Crippen LogP contribution in [0, 0.1) is 12.7 Å². The standard InChI is InChI=1S/C12H18FNO/c1-9-7-10(5-6-11(9)13)8-14-15-12(2,3)4/h5-7,14H,8H2,1-4H3. The van der Waals surface area contributed by atoms with Gasteiger partial charge >= 0.3 is 0 Å². The van der Waals surface area contributed by atoms with Gasteiger partial charge in [-0.05, 0) is 44.9 Å². The molecule has 1 aromatic carbocycles. The molecule has 3 heteroatoms. The van der Waals surface area contributed by atoms with Crippen molar-refractivity contribution in [2.75, 3.05) is 0 Å². The number of hydrogen-bond donors (Lipinski definition) is 1. The Morgan fingerprint density at radius 2 is 2.00 bits per heavy atom. The molecule has 2 nitrogen and oxygen atoms in total. The van der Waals surface area contributed by atoms with E-state index in [9.17, 15) is 4.39 Å². The summed E-state index contributed by atoms with van der Waals surface area (Å²) in [6.45, 7) is 8.24. The van der Waals surface area contributed by atoms with Crippen LogP contribution in [0.4, 0.5) is 4.39 Å². The number of aryl methyl sites for hydroxylation is 1. The van der Waals surface area contributed by atoms with E-state index in [0.717, 1.165) is 5.56 Å². The quantitative estimate of drug-likeness (QED) is 0.776. The van der Waals surface area contributed by atoms with Gasteiger partial charge in [0.25, 0.3) is 0 Å². The highest BCUT2D eigenvalue weighted by molar-refractivity contribution is 5.23. The first-order valence-electron chi connectivity index (χ1n) is 5.04. The van der Waals surface area contributed by atoms with Crippen molar-refractivity contribution in [2.24, 2.45) is 0 Å². The lowest BCUT2D eigenvalue weighted by Gasteiger charge is -2.19. The molecule has 0 aliphatic heterocycles. The Bertz CT molecular complexity index is 331. The summed E-state index contributed by atoms with van der Waals surface area (Å²) in [6, 6.07) is 5.04. The van der Waals surface area contributed by atoms with Gasteiger partial charge in [0.15, 0.2) is 0 Å². The zero-order valence-electron chi connectivity index (χ0n) is 9.73. The first-order valence-corrected chi connectivity index (χ1v) is 5.04. The van der Waals surface area contributed by atoms with Crippen molar-refractivity contribution in [1.82, 2.24) is 5.48 Å². The lowest BCUT2D eigenvalue weighted by Crippen LogP contribution is -2.28. The monoisotopic (exact) mass is 211 g/mol. The molecule has 1 rings (SSSR count). The maximum Gasteiger partial charge on any atom is 0.126 e. The van der Waals surface area contributed by atoms with E-state index in [0.29, 0.717) is 12.1 Å². The van der Waals surface area contributed by atoms with E-state index >= 15 is 0 Å². The lowest BCUT2D eigenvalue weighted by molar-refractivity contribution is -0.0757. The fourth-order valence-electron chi connectivity index (χ4n) is 1.15. The molecule has 0 saturated heterocycles. The number of rotatable bonds is 3. The summed E-state index contributed by atoms with van der Waals surface area (Å²) >= 11 is 0. The van der Waals surface area contributed by atoms with Gasteiger partial charge in [-0.2, -0.15) is 5.48 Å². The molecule has 0 aliphatic carbocycles. The van der Waals surface area contributed by atoms with Crippen LogP contribution in [-0.2, 0) is 11.4 Å². The van der Waals surface area contributed by atoms with E-state index in [1.807, 2.05) is 26.8 Å². The Morgan fingerprint density at radius 3 is 2.53 bits per heavy atom. The molecule has 1 aromatic rings. The van der Waals surface area contributed by atoms with Crippen molar-refractivity contribution in [2.45, 2.75) is 39.8 Å². The summed E-state index contributed by atoms with van der Waals surface area (Å²) in [5.41, 5.74) is 4.32. The van der Waals surface area contributed by atoms with Crippen LogP contribution in [0.5, 0.6) is 0 Å². The van der Waals surface area contributed by atoms with Gasteiger partial charge in [-0.3, -0.25) is 4.84 Å². The second-order valence-electron chi connectivity index (χ2n) is 4.62. The SMILES string of the molecule is Cc1cc(CNOC(C)(C)C)ccc1F. The number of halogens is 1. The maximum atomic E-state index is 13.0. The summed E-state index contributed by atoms with van der Waals surface area (Å²) in [5.74, 6) is -0.171. The van der Waals surface area contributed by atoms with Crippen molar-refractivity contribution in [3.8, 4) is 0 Å². The minimum absolute atomic E-state index is 0.171. The fourth-order valence-corrected chi connectivity index (χ4v) is 1.15. The molecule has 0 spiro atoms. The van der Waals surface area contributed by atoms with Crippen LogP contribution in [0.2, 0.25) is 0 Å². The summed E-state index contributed by atoms with van der Waals surface area (Å²) < 4.78 is 13.0. The molecule has 0 amide bonds. The van der Waals surface area contributed by atoms with Crippen LogP contribution in [0.15, 0.2) is 18.2 Å². The molecule has 0 fully saturated rings. The highest BCUT2D eigenvalue weighted by Gasteiger charge is 2.09. The van der Waals surface area contributed by atoms with Crippen molar-refractivity contribution in [1.29, 1.82) is 0 Å². The van der Waals surface area contributed by atoms with E-state index in [-0.39, 0.29) is 11.4 Å². The third kappa shape index (κ3) is 4.40. The van der Waals surface area contributed by atoms with Crippen LogP contribution in [0.3, 0.4) is 0 Å². The van der Waals surface area contributed by atoms with Crippen LogP contribution in [0.25, 0.3) is 0 Å². The van der Waals surface area contributed by atoms with Gasteiger partial charge in [-0.1, -0.05) is 12.1 Å². The van der Waals surface area contributed by atoms with E-state index < -0.39 is 0 Å². The van der Waals surface area contributed by atoms with Crippen molar-refractivity contribution >= 4 is 0 Å². The van der Waals surface area contributed by atoms with Crippen LogP contribution < -0.4 is 5.48 Å². The highest BCUT2D eigenvalue weighted by atomic mass is 19.1. The van der Waals surface area contributed by atoms with Crippen LogP contribution in [0.1, 0.15) is 31.9 Å². The first kappa shape index (κ1) is 12.1. The van der Waals surface area contributed by atoms with E-state index in [4.69, 9.17) is 4.84 Å². The minimum atomic E-state index is -0.213. The first-order chi connectivity index (χ1) is 6.88. The Kier molecular flexibility index (Phi) is 3.83. The summed E-state index contributed by atoms with van der Waals surface area (Å²) in [5, 5.41) is 0. The zero-order chi connectivity index (χ0) is 11.5. The third-order valence-corrected chi connectivity index (χ3v) is 1.88. The molecule has 84 valence electrons. The summed E-state index contributed by atoms with van der Waals surface area (Å²) in [4.78, 5) is 5.36. The van der Waals surface area contributed by atoms with Crippen LogP contribution >= 0.6 is 0 Å². The van der Waals surface area contributed by atoms with Crippen LogP contribution in [-0.4, -0.2) is 5.60 Å². The molecule has 0 unspecified atom stereocenters. The smallest absolute Gasteiger partial charge is 0.126 e. The maximum absolute atomic E-state index is 13.0. The molecular weight excluding hydrogens is 193 g/mol. The second-order valence-corrected chi connectivity index (χ2v) is 4.62. The van der Waals surface area contributed by atoms with Gasteiger partial charge in [0, 0.05) is 6.54 Å². The normalized spacial score (nSPS) is 11.8. The molecule has 0 aliphatic rings. The molecule has 0 aromatic heterocycles. The number of nitrogens with one attached hydrogen (secondary N) is 1. The Labute approximate surface area is 90.4 Å². The molecule has 0 radical (unpaired) electrons. The Balaban J connectivity index is 2.48. The van der Waals surface area contributed by atoms with Gasteiger partial charge in [-0.25, -0.2) is 4.39 Å². The zero-order valence-corrected chi connectivity index (χ0v) is 9.73. The van der Waals surface area contributed by atoms with Gasteiger partial charge in [-0.15, -0.1) is 0 Å². The molecule has 0 bridgehead atoms. The predicted molar refractivity (Wildman–Crippen MR) is 58.8 cm³/mol. The van der Waals surface area contributed by atoms with Gasteiger partial charge in [0.1, 0.15) is 5.82 Å². The number of hydroxylamine groups is 1. The molecule has 0 atom stereocenters. The average Bonchev–Trinajstić information content (AvgIpc) is 2.09. The Morgan fingerprint density at radius 1 is 1.33 bits per heavy atom. The van der Waals surface area contributed by atoms with Gasteiger partial charge in [0.05, 0.1) is 5.60 Å². The summed E-state index contributed by atoms with van der Waals surface area (Å²) in [6.07, 6.45) is 0. The Hall–Kier alpha value is -0.930. The van der Waals surface area contributed by atoms with Gasteiger partial charge < -0.3 is 0 Å². The topological polar surface area (TPSA) is 21.3 Å². The van der Waals surface area contributed by atoms with Crippen molar-refractivity contribution < 1.29 is 9.23 Å². The van der Waals surface area contributed by atoms with E-state index in [1.165, 1.54) is 6.07 Å². The third-order valence-electron chi connectivity index (χ3n) is 1.88. The summed E-state index contributed by atoms with van der Waals surface area (Å²) in [7, 11) is 0. The molecule has 15 heavy (non-hydrogen) atoms. The average molecular weight is 211 g/mol. The fraction of sp³-hybridized carbons (Fsp3) is 0.500. The highest BCUT2D eigenvalue weighted by Crippen LogP contribution is 2.10. The van der Waals surface area contributed by atoms with Crippen molar-refractivity contribution in [3.63, 3.8) is 0 Å². The van der Waals surface area contributed by atoms with E-state index in [2.05, 4.69) is 5.48 Å². The molecule has 0 saturated carbocycles. The number of hydrogen-bond acceptors (Lipinski definition) is 2. The molecule has 1 N–H and O–H groups in total. The second kappa shape index (κ2) is 4.73. The van der Waals surface area contributed by atoms with Crippen molar-refractivity contribution in [3.05, 3.63) is 35.1 Å². The number of benzene rings is 1.